The molecule has 1 saturated heterocycles. The van der Waals surface area contributed by atoms with Gasteiger partial charge in [0.2, 0.25) is 10.0 Å². The molecule has 1 aliphatic rings. The van der Waals surface area contributed by atoms with E-state index in [4.69, 9.17) is 9.72 Å². The third kappa shape index (κ3) is 3.77. The highest BCUT2D eigenvalue weighted by atomic mass is 32.2. The largest absolute Gasteiger partial charge is 0.383 e. The van der Waals surface area contributed by atoms with E-state index in [0.717, 1.165) is 45.5 Å². The SMILES string of the molecule is COCCn1c([C@H]2CCN(S(=O)(=O)c3c(C)c(C)cc(C)c3C)C2)nc2ccncc21. The summed E-state index contributed by atoms with van der Waals surface area (Å²) in [4.78, 5) is 9.55. The lowest BCUT2D eigenvalue weighted by Gasteiger charge is -2.22. The topological polar surface area (TPSA) is 77.3 Å². The van der Waals surface area contributed by atoms with Crippen LogP contribution in [0.5, 0.6) is 0 Å². The van der Waals surface area contributed by atoms with Crippen LogP contribution in [0.25, 0.3) is 11.0 Å². The second-order valence-electron chi connectivity index (χ2n) is 8.42. The lowest BCUT2D eigenvalue weighted by molar-refractivity contribution is 0.187. The minimum Gasteiger partial charge on any atom is -0.383 e. The fraction of sp³-hybridized carbons (Fsp3) is 0.478. The average molecular weight is 443 g/mol. The summed E-state index contributed by atoms with van der Waals surface area (Å²) in [6.07, 6.45) is 4.29. The second kappa shape index (κ2) is 8.33. The molecule has 1 aliphatic heterocycles. The summed E-state index contributed by atoms with van der Waals surface area (Å²) in [5, 5.41) is 0. The smallest absolute Gasteiger partial charge is 0.243 e. The summed E-state index contributed by atoms with van der Waals surface area (Å²) in [5.74, 6) is 0.942. The van der Waals surface area contributed by atoms with Crippen LogP contribution in [0, 0.1) is 27.7 Å². The molecule has 1 aromatic carbocycles. The Kier molecular flexibility index (Phi) is 5.89. The zero-order valence-electron chi connectivity index (χ0n) is 18.8. The number of sulfonamides is 1. The molecule has 3 heterocycles. The minimum atomic E-state index is -3.59. The Morgan fingerprint density at radius 2 is 1.87 bits per heavy atom. The Balaban J connectivity index is 1.69. The lowest BCUT2D eigenvalue weighted by atomic mass is 10.0. The Morgan fingerprint density at radius 3 is 2.55 bits per heavy atom. The number of pyridine rings is 1. The number of aromatic nitrogens is 3. The van der Waals surface area contributed by atoms with E-state index in [1.54, 1.807) is 17.6 Å². The van der Waals surface area contributed by atoms with Gasteiger partial charge in [-0.2, -0.15) is 4.31 Å². The molecule has 4 rings (SSSR count). The highest BCUT2D eigenvalue weighted by Gasteiger charge is 2.37. The first-order valence-corrected chi connectivity index (χ1v) is 12.1. The first kappa shape index (κ1) is 21.9. The number of ether oxygens (including phenoxy) is 1. The van der Waals surface area contributed by atoms with Gasteiger partial charge in [0.15, 0.2) is 0 Å². The number of fused-ring (bicyclic) bond motifs is 1. The van der Waals surface area contributed by atoms with Crippen LogP contribution in [0.2, 0.25) is 0 Å². The zero-order chi connectivity index (χ0) is 22.3. The molecule has 2 aromatic heterocycles. The van der Waals surface area contributed by atoms with Crippen molar-refractivity contribution in [2.24, 2.45) is 0 Å². The van der Waals surface area contributed by atoms with Gasteiger partial charge in [0.05, 0.1) is 28.7 Å². The van der Waals surface area contributed by atoms with Gasteiger partial charge in [0.25, 0.3) is 0 Å². The van der Waals surface area contributed by atoms with Gasteiger partial charge < -0.3 is 9.30 Å². The van der Waals surface area contributed by atoms with Crippen LogP contribution in [0.1, 0.15) is 40.4 Å². The van der Waals surface area contributed by atoms with Gasteiger partial charge in [-0.3, -0.25) is 4.98 Å². The van der Waals surface area contributed by atoms with Crippen LogP contribution in [0.3, 0.4) is 0 Å². The normalized spacial score (nSPS) is 17.6. The van der Waals surface area contributed by atoms with Crippen LogP contribution in [-0.2, 0) is 21.3 Å². The van der Waals surface area contributed by atoms with Crippen molar-refractivity contribution < 1.29 is 13.2 Å². The molecule has 8 heteroatoms. The highest BCUT2D eigenvalue weighted by molar-refractivity contribution is 7.89. The maximum absolute atomic E-state index is 13.7. The van der Waals surface area contributed by atoms with E-state index >= 15 is 0 Å². The van der Waals surface area contributed by atoms with Crippen molar-refractivity contribution in [1.82, 2.24) is 18.8 Å². The maximum atomic E-state index is 13.7. The van der Waals surface area contributed by atoms with E-state index in [9.17, 15) is 8.42 Å². The molecule has 0 N–H and O–H groups in total. The van der Waals surface area contributed by atoms with Crippen molar-refractivity contribution in [3.8, 4) is 0 Å². The first-order chi connectivity index (χ1) is 14.8. The van der Waals surface area contributed by atoms with Crippen LogP contribution in [0.4, 0.5) is 0 Å². The number of nitrogens with zero attached hydrogens (tertiary/aromatic N) is 4. The van der Waals surface area contributed by atoms with Crippen LogP contribution >= 0.6 is 0 Å². The Morgan fingerprint density at radius 1 is 1.16 bits per heavy atom. The van der Waals surface area contributed by atoms with Crippen molar-refractivity contribution in [1.29, 1.82) is 0 Å². The van der Waals surface area contributed by atoms with E-state index in [1.807, 2.05) is 40.0 Å². The molecular weight excluding hydrogens is 412 g/mol. The number of hydrogen-bond acceptors (Lipinski definition) is 5. The van der Waals surface area contributed by atoms with Gasteiger partial charge in [-0.05, 0) is 62.4 Å². The number of hydrogen-bond donors (Lipinski definition) is 0. The fourth-order valence-electron chi connectivity index (χ4n) is 4.57. The van der Waals surface area contributed by atoms with Crippen molar-refractivity contribution in [2.75, 3.05) is 26.8 Å². The minimum absolute atomic E-state index is 0.0329. The second-order valence-corrected chi connectivity index (χ2v) is 10.3. The van der Waals surface area contributed by atoms with Gasteiger partial charge in [-0.1, -0.05) is 6.07 Å². The Labute approximate surface area is 184 Å². The lowest BCUT2D eigenvalue weighted by Crippen LogP contribution is -2.30. The summed E-state index contributed by atoms with van der Waals surface area (Å²) in [7, 11) is -1.91. The predicted octanol–water partition coefficient (Wildman–Crippen LogP) is 3.49. The van der Waals surface area contributed by atoms with Crippen LogP contribution in [-0.4, -0.2) is 54.1 Å². The standard InChI is InChI=1S/C23H30N4O3S/c1-15-12-16(2)18(4)22(17(15)3)31(28,29)26-9-7-19(14-26)23-25-20-6-8-24-13-21(20)27(23)10-11-30-5/h6,8,12-13,19H,7,9-11,14H2,1-5H3/t19-/m0/s1. The molecular formula is C23H30N4O3S. The van der Waals surface area contributed by atoms with Crippen molar-refractivity contribution >= 4 is 21.1 Å². The summed E-state index contributed by atoms with van der Waals surface area (Å²) in [6.45, 7) is 9.89. The number of imidazole rings is 1. The maximum Gasteiger partial charge on any atom is 0.243 e. The van der Waals surface area contributed by atoms with E-state index < -0.39 is 10.0 Å². The van der Waals surface area contributed by atoms with Crippen LogP contribution < -0.4 is 0 Å². The summed E-state index contributed by atoms with van der Waals surface area (Å²) in [5.41, 5.74) is 5.52. The molecule has 0 saturated carbocycles. The van der Waals surface area contributed by atoms with Gasteiger partial charge in [0, 0.05) is 38.9 Å². The van der Waals surface area contributed by atoms with Crippen molar-refractivity contribution in [2.45, 2.75) is 51.5 Å². The average Bonchev–Trinajstić information content (AvgIpc) is 3.36. The third-order valence-electron chi connectivity index (χ3n) is 6.51. The molecule has 0 bridgehead atoms. The summed E-state index contributed by atoms with van der Waals surface area (Å²) < 4.78 is 36.4. The van der Waals surface area contributed by atoms with Gasteiger partial charge in [-0.15, -0.1) is 0 Å². The highest BCUT2D eigenvalue weighted by Crippen LogP contribution is 2.35. The Bertz CT molecular complexity index is 1210. The van der Waals surface area contributed by atoms with Gasteiger partial charge in [-0.25, -0.2) is 13.4 Å². The monoisotopic (exact) mass is 442 g/mol. The summed E-state index contributed by atoms with van der Waals surface area (Å²) >= 11 is 0. The third-order valence-corrected chi connectivity index (χ3v) is 8.65. The Hall–Kier alpha value is -2.29. The molecule has 1 fully saturated rings. The van der Waals surface area contributed by atoms with Gasteiger partial charge in [0.1, 0.15) is 5.82 Å². The molecule has 7 nitrogen and oxygen atoms in total. The molecule has 166 valence electrons. The molecule has 0 amide bonds. The molecule has 0 radical (unpaired) electrons. The number of aryl methyl sites for hydroxylation is 2. The van der Waals surface area contributed by atoms with Gasteiger partial charge >= 0.3 is 0 Å². The zero-order valence-corrected chi connectivity index (χ0v) is 19.7. The van der Waals surface area contributed by atoms with E-state index in [2.05, 4.69) is 15.6 Å². The van der Waals surface area contributed by atoms with E-state index in [0.29, 0.717) is 31.1 Å². The number of benzene rings is 1. The molecule has 31 heavy (non-hydrogen) atoms. The van der Waals surface area contributed by atoms with E-state index in [1.165, 1.54) is 0 Å². The quantitative estimate of drug-likeness (QED) is 0.584. The first-order valence-electron chi connectivity index (χ1n) is 10.6. The molecule has 1 atom stereocenters. The number of methoxy groups -OCH3 is 1. The number of rotatable bonds is 6. The molecule has 3 aromatic rings. The summed E-state index contributed by atoms with van der Waals surface area (Å²) in [6, 6.07) is 3.95. The predicted molar refractivity (Wildman–Crippen MR) is 121 cm³/mol. The molecule has 0 unspecified atom stereocenters. The van der Waals surface area contributed by atoms with E-state index in [-0.39, 0.29) is 5.92 Å². The van der Waals surface area contributed by atoms with Crippen molar-refractivity contribution in [3.05, 3.63) is 52.6 Å². The van der Waals surface area contributed by atoms with Crippen LogP contribution in [0.15, 0.2) is 29.4 Å². The fourth-order valence-corrected chi connectivity index (χ4v) is 6.65. The van der Waals surface area contributed by atoms with Crippen molar-refractivity contribution in [3.63, 3.8) is 0 Å². The molecule has 0 aliphatic carbocycles. The molecule has 0 spiro atoms.